The van der Waals surface area contributed by atoms with E-state index in [0.29, 0.717) is 24.0 Å². The van der Waals surface area contributed by atoms with E-state index in [-0.39, 0.29) is 16.4 Å². The average molecular weight is 477 g/mol. The summed E-state index contributed by atoms with van der Waals surface area (Å²) < 4.78 is 13.6. The molecular formula is C27H48O3Si2. The van der Waals surface area contributed by atoms with Gasteiger partial charge < -0.3 is 8.85 Å². The number of fused-ring (bicyclic) bond motifs is 5. The van der Waals surface area contributed by atoms with Crippen molar-refractivity contribution in [1.82, 2.24) is 0 Å². The van der Waals surface area contributed by atoms with E-state index in [1.54, 1.807) is 0 Å². The molecule has 1 unspecified atom stereocenters. The number of rotatable bonds is 5. The van der Waals surface area contributed by atoms with Crippen LogP contribution in [0.5, 0.6) is 0 Å². The first-order chi connectivity index (χ1) is 14.6. The van der Waals surface area contributed by atoms with E-state index < -0.39 is 16.6 Å². The van der Waals surface area contributed by atoms with Crippen LogP contribution in [0, 0.1) is 28.6 Å². The van der Waals surface area contributed by atoms with Crippen molar-refractivity contribution in [1.29, 1.82) is 0 Å². The van der Waals surface area contributed by atoms with Crippen LogP contribution in [-0.4, -0.2) is 34.6 Å². The number of allylic oxidation sites excluding steroid dienone is 1. The van der Waals surface area contributed by atoms with Gasteiger partial charge in [0.2, 0.25) is 0 Å². The number of ketones is 1. The minimum Gasteiger partial charge on any atom is -0.417 e. The van der Waals surface area contributed by atoms with Crippen LogP contribution in [-0.2, 0) is 13.6 Å². The van der Waals surface area contributed by atoms with Crippen LogP contribution in [0.3, 0.4) is 0 Å². The van der Waals surface area contributed by atoms with Gasteiger partial charge in [-0.15, -0.1) is 0 Å². The van der Waals surface area contributed by atoms with Crippen LogP contribution in [0.4, 0.5) is 0 Å². The second kappa shape index (κ2) is 7.89. The lowest BCUT2D eigenvalue weighted by molar-refractivity contribution is -0.128. The minimum atomic E-state index is -1.63. The van der Waals surface area contributed by atoms with E-state index in [1.165, 1.54) is 43.3 Å². The van der Waals surface area contributed by atoms with E-state index in [0.717, 1.165) is 25.4 Å². The predicted octanol–water partition coefficient (Wildman–Crippen LogP) is 7.35. The molecule has 3 fully saturated rings. The highest BCUT2D eigenvalue weighted by molar-refractivity contribution is 6.70. The first kappa shape index (κ1) is 24.9. The van der Waals surface area contributed by atoms with Crippen LogP contribution < -0.4 is 0 Å². The zero-order valence-corrected chi connectivity index (χ0v) is 24.3. The van der Waals surface area contributed by atoms with Crippen molar-refractivity contribution >= 4 is 22.4 Å². The van der Waals surface area contributed by atoms with Crippen LogP contribution in [0.15, 0.2) is 11.1 Å². The summed E-state index contributed by atoms with van der Waals surface area (Å²) in [6, 6.07) is 0. The third-order valence-corrected chi connectivity index (χ3v) is 11.9. The molecular weight excluding hydrogens is 428 g/mol. The van der Waals surface area contributed by atoms with E-state index in [2.05, 4.69) is 60.1 Å². The third kappa shape index (κ3) is 4.07. The monoisotopic (exact) mass is 476 g/mol. The average Bonchev–Trinajstić information content (AvgIpc) is 2.90. The minimum absolute atomic E-state index is 0.00945. The van der Waals surface area contributed by atoms with Gasteiger partial charge in [-0.25, -0.2) is 0 Å². The van der Waals surface area contributed by atoms with Gasteiger partial charge >= 0.3 is 0 Å². The fourth-order valence-electron chi connectivity index (χ4n) is 8.38. The van der Waals surface area contributed by atoms with Gasteiger partial charge in [-0.3, -0.25) is 4.79 Å². The van der Waals surface area contributed by atoms with Gasteiger partial charge in [-0.2, -0.15) is 0 Å². The molecule has 0 spiro atoms. The smallest absolute Gasteiger partial charge is 0.184 e. The van der Waals surface area contributed by atoms with Gasteiger partial charge in [0.25, 0.3) is 0 Å². The lowest BCUT2D eigenvalue weighted by atomic mass is 9.46. The maximum atomic E-state index is 12.5. The molecule has 0 amide bonds. The lowest BCUT2D eigenvalue weighted by Crippen LogP contribution is -2.58. The molecule has 5 heteroatoms. The Labute approximate surface area is 199 Å². The van der Waals surface area contributed by atoms with Crippen molar-refractivity contribution in [3.63, 3.8) is 0 Å². The molecule has 4 rings (SSSR count). The Morgan fingerprint density at radius 3 is 2.22 bits per heavy atom. The summed E-state index contributed by atoms with van der Waals surface area (Å²) in [7, 11) is -3.25. The maximum absolute atomic E-state index is 12.5. The summed E-state index contributed by atoms with van der Waals surface area (Å²) >= 11 is 0. The van der Waals surface area contributed by atoms with E-state index in [9.17, 15) is 4.79 Å². The Kier molecular flexibility index (Phi) is 6.13. The molecule has 182 valence electrons. The fraction of sp³-hybridized carbons (Fsp3) is 0.889. The molecule has 3 nitrogen and oxygen atoms in total. The lowest BCUT2D eigenvalue weighted by Gasteiger charge is -2.61. The fourth-order valence-corrected chi connectivity index (χ4v) is 10.8. The summed E-state index contributed by atoms with van der Waals surface area (Å²) in [4.78, 5) is 12.5. The first-order valence-electron chi connectivity index (χ1n) is 13.2. The van der Waals surface area contributed by atoms with Gasteiger partial charge in [0.15, 0.2) is 16.6 Å². The Hall–Kier alpha value is -0.236. The van der Waals surface area contributed by atoms with E-state index in [1.807, 2.05) is 0 Å². The van der Waals surface area contributed by atoms with Gasteiger partial charge in [0.05, 0.1) is 5.60 Å². The van der Waals surface area contributed by atoms with Crippen molar-refractivity contribution in [3.8, 4) is 0 Å². The Morgan fingerprint density at radius 2 is 1.59 bits per heavy atom. The number of hydrogen-bond acceptors (Lipinski definition) is 3. The van der Waals surface area contributed by atoms with Crippen molar-refractivity contribution in [3.05, 3.63) is 11.1 Å². The molecule has 0 N–H and O–H groups in total. The normalized spacial score (nSPS) is 42.5. The molecule has 0 aromatic carbocycles. The summed E-state index contributed by atoms with van der Waals surface area (Å²) in [6.45, 7) is 22.2. The SMILES string of the molecule is CC1=C2CC(=O)CC[C@]2(CO[Si](C)(C)C)[C@@H]2CC[C@@]3(C)[C@@H](CCC3(C)O[Si](C)(C)C)[C@@H]2C1. The van der Waals surface area contributed by atoms with Crippen molar-refractivity contribution in [2.45, 2.75) is 117 Å². The Bertz CT molecular complexity index is 807. The topological polar surface area (TPSA) is 35.5 Å². The molecule has 4 aliphatic rings. The Morgan fingerprint density at radius 1 is 0.938 bits per heavy atom. The van der Waals surface area contributed by atoms with Crippen molar-refractivity contribution < 1.29 is 13.6 Å². The molecule has 32 heavy (non-hydrogen) atoms. The highest BCUT2D eigenvalue weighted by Gasteiger charge is 2.64. The standard InChI is InChI=1S/C27H48O3Si2/c1-19-16-21-22-12-14-26(3,30-32(7,8)9)25(22,2)13-11-23(21)27(18-29-31(4,5)6)15-10-20(28)17-24(19)27/h21-23H,10-18H2,1-9H3/t21-,22-,23+,25-,26?,27-/m0/s1. The molecule has 4 aliphatic carbocycles. The molecule has 0 aromatic rings. The molecule has 0 heterocycles. The van der Waals surface area contributed by atoms with Crippen LogP contribution in [0.1, 0.15) is 72.1 Å². The van der Waals surface area contributed by atoms with Gasteiger partial charge in [0.1, 0.15) is 5.78 Å². The zero-order valence-electron chi connectivity index (χ0n) is 22.3. The quantitative estimate of drug-likeness (QED) is 0.307. The van der Waals surface area contributed by atoms with E-state index in [4.69, 9.17) is 8.85 Å². The number of hydrogen-bond donors (Lipinski definition) is 0. The van der Waals surface area contributed by atoms with Gasteiger partial charge in [0, 0.05) is 24.9 Å². The highest BCUT2D eigenvalue weighted by atomic mass is 28.4. The number of Topliss-reactive ketones (excluding diaryl/α,β-unsaturated/α-hetero) is 1. The number of carbonyl (C=O) groups excluding carboxylic acids is 1. The summed E-state index contributed by atoms with van der Waals surface area (Å²) in [6.07, 6.45) is 8.65. The maximum Gasteiger partial charge on any atom is 0.184 e. The predicted molar refractivity (Wildman–Crippen MR) is 138 cm³/mol. The third-order valence-electron chi connectivity index (χ3n) is 9.85. The van der Waals surface area contributed by atoms with Crippen LogP contribution >= 0.6 is 0 Å². The molecule has 0 aromatic heterocycles. The summed E-state index contributed by atoms with van der Waals surface area (Å²) in [5.41, 5.74) is 3.37. The molecule has 0 saturated heterocycles. The first-order valence-corrected chi connectivity index (χ1v) is 20.0. The van der Waals surface area contributed by atoms with Crippen LogP contribution in [0.25, 0.3) is 0 Å². The highest BCUT2D eigenvalue weighted by Crippen LogP contribution is 2.68. The summed E-state index contributed by atoms with van der Waals surface area (Å²) in [5, 5.41) is 0. The zero-order chi connectivity index (χ0) is 23.7. The van der Waals surface area contributed by atoms with Crippen molar-refractivity contribution in [2.75, 3.05) is 6.61 Å². The van der Waals surface area contributed by atoms with E-state index >= 15 is 0 Å². The Balaban J connectivity index is 1.71. The summed E-state index contributed by atoms with van der Waals surface area (Å²) in [5.74, 6) is 2.54. The van der Waals surface area contributed by atoms with Gasteiger partial charge in [-0.05, 0) is 115 Å². The second-order valence-electron chi connectivity index (χ2n) is 14.1. The van der Waals surface area contributed by atoms with Crippen molar-refractivity contribution in [2.24, 2.45) is 28.6 Å². The largest absolute Gasteiger partial charge is 0.417 e. The molecule has 3 saturated carbocycles. The molecule has 0 aliphatic heterocycles. The molecule has 6 atom stereocenters. The second-order valence-corrected chi connectivity index (χ2v) is 23.0. The molecule has 0 bridgehead atoms. The van der Waals surface area contributed by atoms with Gasteiger partial charge in [-0.1, -0.05) is 18.1 Å². The molecule has 0 radical (unpaired) electrons. The number of carbonyl (C=O) groups is 1. The van der Waals surface area contributed by atoms with Crippen LogP contribution in [0.2, 0.25) is 39.3 Å².